The summed E-state index contributed by atoms with van der Waals surface area (Å²) in [5, 5.41) is 3.52. The fourth-order valence-corrected chi connectivity index (χ4v) is 4.30. The van der Waals surface area contributed by atoms with Gasteiger partial charge < -0.3 is 4.42 Å². The van der Waals surface area contributed by atoms with Gasteiger partial charge in [0.25, 0.3) is 11.8 Å². The number of rotatable bonds is 4. The van der Waals surface area contributed by atoms with Crippen LogP contribution in [0.3, 0.4) is 0 Å². The lowest BCUT2D eigenvalue weighted by atomic mass is 10.1. The van der Waals surface area contributed by atoms with Gasteiger partial charge in [-0.25, -0.2) is 4.79 Å². The SMILES string of the molecule is O=C1NC(=O)N(C2CCCC2)C(=O)/C1=C/c1ccc(Sc2ccc(Cl)cc2)o1. The van der Waals surface area contributed by atoms with Gasteiger partial charge in [-0.15, -0.1) is 0 Å². The van der Waals surface area contributed by atoms with Gasteiger partial charge in [-0.3, -0.25) is 19.8 Å². The lowest BCUT2D eigenvalue weighted by Gasteiger charge is -2.30. The molecule has 2 aliphatic rings. The maximum absolute atomic E-state index is 12.8. The quantitative estimate of drug-likeness (QED) is 0.586. The van der Waals surface area contributed by atoms with Gasteiger partial charge in [0, 0.05) is 16.0 Å². The Bertz CT molecular complexity index is 961. The number of benzene rings is 1. The van der Waals surface area contributed by atoms with E-state index in [4.69, 9.17) is 16.0 Å². The van der Waals surface area contributed by atoms with E-state index in [0.29, 0.717) is 15.9 Å². The molecule has 1 aromatic carbocycles. The molecule has 1 aromatic heterocycles. The average Bonchev–Trinajstić information content (AvgIpc) is 3.33. The second-order valence-corrected chi connectivity index (χ2v) is 8.16. The van der Waals surface area contributed by atoms with Crippen molar-refractivity contribution in [3.8, 4) is 0 Å². The van der Waals surface area contributed by atoms with Crippen LogP contribution in [0.1, 0.15) is 31.4 Å². The Morgan fingerprint density at radius 2 is 1.79 bits per heavy atom. The van der Waals surface area contributed by atoms with E-state index < -0.39 is 17.8 Å². The molecule has 144 valence electrons. The Hall–Kier alpha value is -2.51. The summed E-state index contributed by atoms with van der Waals surface area (Å²) in [6, 6.07) is 9.96. The summed E-state index contributed by atoms with van der Waals surface area (Å²) in [4.78, 5) is 39.2. The van der Waals surface area contributed by atoms with Crippen molar-refractivity contribution in [1.82, 2.24) is 10.2 Å². The number of imide groups is 2. The van der Waals surface area contributed by atoms with E-state index in [-0.39, 0.29) is 11.6 Å². The molecule has 0 radical (unpaired) electrons. The molecular weight excluding hydrogens is 400 g/mol. The van der Waals surface area contributed by atoms with Gasteiger partial charge in [0.2, 0.25) is 0 Å². The van der Waals surface area contributed by atoms with E-state index in [1.165, 1.54) is 22.7 Å². The van der Waals surface area contributed by atoms with Crippen LogP contribution in [-0.4, -0.2) is 28.8 Å². The maximum Gasteiger partial charge on any atom is 0.331 e. The van der Waals surface area contributed by atoms with E-state index >= 15 is 0 Å². The van der Waals surface area contributed by atoms with E-state index in [9.17, 15) is 14.4 Å². The van der Waals surface area contributed by atoms with Crippen molar-refractivity contribution in [2.24, 2.45) is 0 Å². The molecule has 1 saturated heterocycles. The summed E-state index contributed by atoms with van der Waals surface area (Å²) in [6.45, 7) is 0. The molecule has 2 fully saturated rings. The number of furan rings is 1. The number of nitrogens with one attached hydrogen (secondary N) is 1. The number of hydrogen-bond acceptors (Lipinski definition) is 5. The standard InChI is InChI=1S/C20H17ClN2O4S/c21-12-5-8-15(9-6-12)28-17-10-7-14(27-17)11-16-18(24)22-20(26)23(19(16)25)13-3-1-2-4-13/h5-11,13H,1-4H2,(H,22,24,26)/b16-11+. The van der Waals surface area contributed by atoms with Gasteiger partial charge in [-0.1, -0.05) is 36.2 Å². The van der Waals surface area contributed by atoms with Crippen molar-refractivity contribution in [2.45, 2.75) is 41.7 Å². The minimum absolute atomic E-state index is 0.0936. The van der Waals surface area contributed by atoms with Crippen LogP contribution < -0.4 is 5.32 Å². The van der Waals surface area contributed by atoms with E-state index in [0.717, 1.165) is 30.6 Å². The average molecular weight is 417 g/mol. The highest BCUT2D eigenvalue weighted by molar-refractivity contribution is 7.99. The first kappa shape index (κ1) is 18.8. The summed E-state index contributed by atoms with van der Waals surface area (Å²) >= 11 is 7.28. The Morgan fingerprint density at radius 1 is 1.07 bits per heavy atom. The van der Waals surface area contributed by atoms with Crippen LogP contribution in [0.2, 0.25) is 5.02 Å². The molecule has 2 aromatic rings. The third-order valence-electron chi connectivity index (χ3n) is 4.74. The summed E-state index contributed by atoms with van der Waals surface area (Å²) in [5.41, 5.74) is -0.0936. The van der Waals surface area contributed by atoms with Crippen molar-refractivity contribution in [2.75, 3.05) is 0 Å². The molecule has 4 amide bonds. The fourth-order valence-electron chi connectivity index (χ4n) is 3.39. The number of hydrogen-bond donors (Lipinski definition) is 1. The van der Waals surface area contributed by atoms with Crippen molar-refractivity contribution in [1.29, 1.82) is 0 Å². The molecule has 0 atom stereocenters. The number of halogens is 1. The molecule has 6 nitrogen and oxygen atoms in total. The van der Waals surface area contributed by atoms with Crippen molar-refractivity contribution < 1.29 is 18.8 Å². The second-order valence-electron chi connectivity index (χ2n) is 6.64. The zero-order valence-corrected chi connectivity index (χ0v) is 16.4. The third-order valence-corrected chi connectivity index (χ3v) is 5.92. The molecule has 0 spiro atoms. The number of urea groups is 1. The molecule has 28 heavy (non-hydrogen) atoms. The van der Waals surface area contributed by atoms with Gasteiger partial charge in [0.05, 0.1) is 0 Å². The normalized spacial score (nSPS) is 19.5. The molecule has 1 saturated carbocycles. The molecule has 2 heterocycles. The predicted molar refractivity (Wildman–Crippen MR) is 105 cm³/mol. The lowest BCUT2D eigenvalue weighted by Crippen LogP contribution is -2.57. The predicted octanol–water partition coefficient (Wildman–Crippen LogP) is 4.49. The molecule has 8 heteroatoms. The van der Waals surface area contributed by atoms with Crippen LogP contribution in [0.25, 0.3) is 6.08 Å². The first-order valence-electron chi connectivity index (χ1n) is 8.95. The van der Waals surface area contributed by atoms with E-state index in [2.05, 4.69) is 5.32 Å². The fraction of sp³-hybridized carbons (Fsp3) is 0.250. The van der Waals surface area contributed by atoms with Gasteiger partial charge in [0.1, 0.15) is 11.3 Å². The van der Waals surface area contributed by atoms with Crippen molar-refractivity contribution >= 4 is 47.3 Å². The molecule has 0 bridgehead atoms. The zero-order chi connectivity index (χ0) is 19.7. The van der Waals surface area contributed by atoms with Gasteiger partial charge in [0.15, 0.2) is 5.09 Å². The third kappa shape index (κ3) is 3.86. The maximum atomic E-state index is 12.8. The summed E-state index contributed by atoms with van der Waals surface area (Å²) in [5.74, 6) is -0.896. The first-order chi connectivity index (χ1) is 13.5. The molecule has 1 N–H and O–H groups in total. The number of carbonyl (C=O) groups is 3. The molecule has 0 unspecified atom stereocenters. The number of nitrogens with zero attached hydrogens (tertiary/aromatic N) is 1. The Labute approximate surface area is 170 Å². The highest BCUT2D eigenvalue weighted by Crippen LogP contribution is 2.31. The van der Waals surface area contributed by atoms with E-state index in [1.54, 1.807) is 24.3 Å². The van der Waals surface area contributed by atoms with Crippen LogP contribution in [0.4, 0.5) is 4.79 Å². The molecular formula is C20H17ClN2O4S. The number of amides is 4. The van der Waals surface area contributed by atoms with Crippen LogP contribution in [-0.2, 0) is 9.59 Å². The Kier molecular flexibility index (Phi) is 5.28. The highest BCUT2D eigenvalue weighted by Gasteiger charge is 2.40. The second kappa shape index (κ2) is 7.85. The topological polar surface area (TPSA) is 79.6 Å². The molecule has 1 aliphatic heterocycles. The van der Waals surface area contributed by atoms with Crippen molar-refractivity contribution in [3.63, 3.8) is 0 Å². The smallest absolute Gasteiger partial charge is 0.331 e. The van der Waals surface area contributed by atoms with Crippen LogP contribution in [0, 0.1) is 0 Å². The van der Waals surface area contributed by atoms with Crippen LogP contribution >= 0.6 is 23.4 Å². The number of barbiturate groups is 1. The van der Waals surface area contributed by atoms with Gasteiger partial charge in [-0.2, -0.15) is 0 Å². The molecule has 4 rings (SSSR count). The summed E-state index contributed by atoms with van der Waals surface area (Å²) in [7, 11) is 0. The number of carbonyl (C=O) groups excluding carboxylic acids is 3. The lowest BCUT2D eigenvalue weighted by molar-refractivity contribution is -0.131. The molecule has 1 aliphatic carbocycles. The minimum atomic E-state index is -0.701. The Balaban J connectivity index is 1.54. The van der Waals surface area contributed by atoms with Crippen LogP contribution in [0.15, 0.2) is 56.4 Å². The largest absolute Gasteiger partial charge is 0.450 e. The highest BCUT2D eigenvalue weighted by atomic mass is 35.5. The monoisotopic (exact) mass is 416 g/mol. The van der Waals surface area contributed by atoms with E-state index in [1.807, 2.05) is 12.1 Å². The minimum Gasteiger partial charge on any atom is -0.450 e. The van der Waals surface area contributed by atoms with Gasteiger partial charge in [-0.05, 0) is 55.3 Å². The zero-order valence-electron chi connectivity index (χ0n) is 14.8. The first-order valence-corrected chi connectivity index (χ1v) is 10.1. The Morgan fingerprint density at radius 3 is 2.50 bits per heavy atom. The van der Waals surface area contributed by atoms with Gasteiger partial charge >= 0.3 is 6.03 Å². The van der Waals surface area contributed by atoms with Crippen molar-refractivity contribution in [3.05, 3.63) is 52.8 Å². The van der Waals surface area contributed by atoms with Crippen LogP contribution in [0.5, 0.6) is 0 Å². The summed E-state index contributed by atoms with van der Waals surface area (Å²) in [6.07, 6.45) is 4.86. The summed E-state index contributed by atoms with van der Waals surface area (Å²) < 4.78 is 5.72.